The predicted molar refractivity (Wildman–Crippen MR) is 111 cm³/mol. The molecule has 0 radical (unpaired) electrons. The number of nitrogens with two attached hydrogens (primary N) is 1. The molecule has 3 aromatic rings. The molecule has 0 unspecified atom stereocenters. The maximum atomic E-state index is 13.8. The van der Waals surface area contributed by atoms with E-state index in [9.17, 15) is 9.18 Å². The Hall–Kier alpha value is -3.08. The van der Waals surface area contributed by atoms with Gasteiger partial charge in [0.1, 0.15) is 12.1 Å². The third-order valence-corrected chi connectivity index (χ3v) is 3.84. The van der Waals surface area contributed by atoms with Crippen LogP contribution in [0, 0.1) is 5.82 Å². The summed E-state index contributed by atoms with van der Waals surface area (Å²) in [6.07, 6.45) is 2.44. The molecule has 0 bridgehead atoms. The molecule has 0 fully saturated rings. The van der Waals surface area contributed by atoms with Crippen LogP contribution in [0.2, 0.25) is 5.02 Å². The van der Waals surface area contributed by atoms with Crippen molar-refractivity contribution in [3.63, 3.8) is 0 Å². The van der Waals surface area contributed by atoms with Crippen LogP contribution in [0.3, 0.4) is 0 Å². The summed E-state index contributed by atoms with van der Waals surface area (Å²) in [6, 6.07) is 7.15. The van der Waals surface area contributed by atoms with Crippen LogP contribution in [0.1, 0.15) is 6.42 Å². The number of nitrogens with zero attached hydrogens (tertiary/aromatic N) is 4. The van der Waals surface area contributed by atoms with Crippen molar-refractivity contribution in [3.05, 3.63) is 53.7 Å². The number of aliphatic carboxylic acids is 1. The second-order valence-electron chi connectivity index (χ2n) is 5.94. The highest BCUT2D eigenvalue weighted by Crippen LogP contribution is 2.26. The van der Waals surface area contributed by atoms with E-state index >= 15 is 0 Å². The molecule has 2 aromatic heterocycles. The zero-order valence-electron chi connectivity index (χ0n) is 15.3. The van der Waals surface area contributed by atoms with Gasteiger partial charge in [-0.25, -0.2) is 19.3 Å². The molecule has 2 heterocycles. The number of pyridine rings is 1. The Kier molecular flexibility index (Phi) is 8.22. The molecule has 0 amide bonds. The number of rotatable bonds is 8. The Bertz CT molecular complexity index is 1010. The molecule has 1 aromatic carbocycles. The number of carboxylic acids is 1. The normalized spacial score (nSPS) is 11.3. The molecule has 30 heavy (non-hydrogen) atoms. The van der Waals surface area contributed by atoms with E-state index in [0.717, 1.165) is 6.07 Å². The molecule has 1 atom stereocenters. The van der Waals surface area contributed by atoms with Crippen LogP contribution in [-0.4, -0.2) is 43.6 Å². The number of ether oxygens (including phenoxy) is 1. The van der Waals surface area contributed by atoms with Gasteiger partial charge in [-0.05, 0) is 30.3 Å². The molecule has 0 saturated heterocycles. The second-order valence-corrected chi connectivity index (χ2v) is 6.37. The maximum Gasteiger partial charge on any atom is 0.304 e. The van der Waals surface area contributed by atoms with Crippen molar-refractivity contribution in [2.75, 3.05) is 11.9 Å². The van der Waals surface area contributed by atoms with Crippen molar-refractivity contribution in [2.45, 2.75) is 12.5 Å². The van der Waals surface area contributed by atoms with Crippen LogP contribution in [-0.2, 0) is 4.79 Å². The van der Waals surface area contributed by atoms with Gasteiger partial charge in [0.2, 0.25) is 5.95 Å². The van der Waals surface area contributed by atoms with Gasteiger partial charge in [-0.2, -0.15) is 4.98 Å². The van der Waals surface area contributed by atoms with Crippen LogP contribution in [0.15, 0.2) is 42.9 Å². The van der Waals surface area contributed by atoms with Gasteiger partial charge in [-0.15, -0.1) is 12.4 Å². The molecule has 0 aliphatic carbocycles. The first-order valence-corrected chi connectivity index (χ1v) is 8.78. The van der Waals surface area contributed by atoms with Crippen molar-refractivity contribution < 1.29 is 19.0 Å². The Morgan fingerprint density at radius 1 is 1.27 bits per heavy atom. The van der Waals surface area contributed by atoms with Crippen LogP contribution >= 0.6 is 24.0 Å². The first-order valence-electron chi connectivity index (χ1n) is 8.40. The quantitative estimate of drug-likeness (QED) is 0.468. The summed E-state index contributed by atoms with van der Waals surface area (Å²) in [7, 11) is 0. The summed E-state index contributed by atoms with van der Waals surface area (Å²) >= 11 is 5.67. The third-order valence-electron chi connectivity index (χ3n) is 3.63. The summed E-state index contributed by atoms with van der Waals surface area (Å²) < 4.78 is 19.2. The number of carboxylic acid groups (broad SMARTS) is 1. The summed E-state index contributed by atoms with van der Waals surface area (Å²) in [5, 5.41) is 11.8. The van der Waals surface area contributed by atoms with Gasteiger partial charge in [0.25, 0.3) is 5.88 Å². The Morgan fingerprint density at radius 2 is 2.00 bits per heavy atom. The summed E-state index contributed by atoms with van der Waals surface area (Å²) in [5.74, 6) is -0.816. The molecule has 9 nitrogen and oxygen atoms in total. The van der Waals surface area contributed by atoms with Crippen molar-refractivity contribution >= 4 is 35.9 Å². The standard InChI is InChI=1S/C18H16ClFN6O3.ClH/c19-11-5-14(20)17(22-7-11)29-13-3-1-10(2-4-13)16-24-9-25-18(26-16)23-8-12(21)6-15(27)28;/h1-5,7,9,12H,6,8,21H2,(H,27,28)(H,23,24,25,26);1H/t12-;/m0./s1. The van der Waals surface area contributed by atoms with E-state index in [0.29, 0.717) is 17.1 Å². The fraction of sp³-hybridized carbons (Fsp3) is 0.167. The Morgan fingerprint density at radius 3 is 2.67 bits per heavy atom. The van der Waals surface area contributed by atoms with Gasteiger partial charge in [0.15, 0.2) is 11.6 Å². The zero-order chi connectivity index (χ0) is 20.8. The number of nitrogens with one attached hydrogen (secondary N) is 1. The lowest BCUT2D eigenvalue weighted by Crippen LogP contribution is -2.32. The van der Waals surface area contributed by atoms with Gasteiger partial charge in [0.05, 0.1) is 11.4 Å². The van der Waals surface area contributed by atoms with E-state index in [2.05, 4.69) is 25.3 Å². The largest absolute Gasteiger partial charge is 0.481 e. The number of aromatic nitrogens is 4. The minimum atomic E-state index is -0.980. The Balaban J connectivity index is 0.00000320. The molecule has 0 spiro atoms. The van der Waals surface area contributed by atoms with E-state index in [1.807, 2.05) is 0 Å². The lowest BCUT2D eigenvalue weighted by atomic mass is 10.2. The lowest BCUT2D eigenvalue weighted by molar-refractivity contribution is -0.137. The highest BCUT2D eigenvalue weighted by atomic mass is 35.5. The average Bonchev–Trinajstić information content (AvgIpc) is 2.69. The fourth-order valence-corrected chi connectivity index (χ4v) is 2.44. The van der Waals surface area contributed by atoms with Gasteiger partial charge in [0, 0.05) is 24.3 Å². The SMILES string of the molecule is Cl.N[C@H](CNc1ncnc(-c2ccc(Oc3ncc(Cl)cc3F)cc2)n1)CC(=O)O. The molecule has 4 N–H and O–H groups in total. The van der Waals surface area contributed by atoms with Crippen LogP contribution < -0.4 is 15.8 Å². The molecule has 3 rings (SSSR count). The van der Waals surface area contributed by atoms with E-state index in [-0.39, 0.29) is 42.2 Å². The third kappa shape index (κ3) is 6.48. The maximum absolute atomic E-state index is 13.8. The second kappa shape index (κ2) is 10.6. The van der Waals surface area contributed by atoms with Crippen molar-refractivity contribution in [1.29, 1.82) is 0 Å². The fourth-order valence-electron chi connectivity index (χ4n) is 2.30. The molecule has 0 aliphatic heterocycles. The van der Waals surface area contributed by atoms with Crippen LogP contribution in [0.4, 0.5) is 10.3 Å². The summed E-state index contributed by atoms with van der Waals surface area (Å²) in [4.78, 5) is 26.8. The number of hydrogen-bond acceptors (Lipinski definition) is 8. The average molecular weight is 455 g/mol. The van der Waals surface area contributed by atoms with Gasteiger partial charge in [-0.3, -0.25) is 4.79 Å². The van der Waals surface area contributed by atoms with Crippen molar-refractivity contribution in [1.82, 2.24) is 19.9 Å². The molecular weight excluding hydrogens is 438 g/mol. The molecular formula is C18H17Cl2FN6O3. The van der Waals surface area contributed by atoms with E-state index in [4.69, 9.17) is 27.2 Å². The van der Waals surface area contributed by atoms with E-state index in [1.165, 1.54) is 12.5 Å². The first-order chi connectivity index (χ1) is 13.9. The van der Waals surface area contributed by atoms with Gasteiger partial charge >= 0.3 is 5.97 Å². The van der Waals surface area contributed by atoms with Crippen LogP contribution in [0.25, 0.3) is 11.4 Å². The smallest absolute Gasteiger partial charge is 0.304 e. The van der Waals surface area contributed by atoms with E-state index in [1.54, 1.807) is 24.3 Å². The first kappa shape index (κ1) is 23.2. The summed E-state index contributed by atoms with van der Waals surface area (Å²) in [5.41, 5.74) is 6.37. The number of carbonyl (C=O) groups is 1. The molecule has 158 valence electrons. The van der Waals surface area contributed by atoms with Gasteiger partial charge in [-0.1, -0.05) is 11.6 Å². The predicted octanol–water partition coefficient (Wildman–Crippen LogP) is 3.15. The van der Waals surface area contributed by atoms with Crippen LogP contribution in [0.5, 0.6) is 11.6 Å². The van der Waals surface area contributed by atoms with Crippen molar-refractivity contribution in [3.8, 4) is 23.0 Å². The number of anilines is 1. The minimum Gasteiger partial charge on any atom is -0.481 e. The lowest BCUT2D eigenvalue weighted by Gasteiger charge is -2.11. The number of hydrogen-bond donors (Lipinski definition) is 3. The molecule has 0 aliphatic rings. The molecule has 0 saturated carbocycles. The van der Waals surface area contributed by atoms with Crippen molar-refractivity contribution in [2.24, 2.45) is 5.73 Å². The highest BCUT2D eigenvalue weighted by Gasteiger charge is 2.11. The minimum absolute atomic E-state index is 0. The monoisotopic (exact) mass is 454 g/mol. The zero-order valence-corrected chi connectivity index (χ0v) is 16.9. The number of halogens is 3. The summed E-state index contributed by atoms with van der Waals surface area (Å²) in [6.45, 7) is 0.197. The Labute approximate surface area is 181 Å². The van der Waals surface area contributed by atoms with Gasteiger partial charge < -0.3 is 20.9 Å². The van der Waals surface area contributed by atoms with E-state index < -0.39 is 17.8 Å². The topological polar surface area (TPSA) is 136 Å². The molecule has 12 heteroatoms. The number of benzene rings is 1. The highest BCUT2D eigenvalue weighted by molar-refractivity contribution is 6.30.